The highest BCUT2D eigenvalue weighted by Gasteiger charge is 2.12. The summed E-state index contributed by atoms with van der Waals surface area (Å²) in [7, 11) is 1.64. The minimum Gasteiger partial charge on any atom is -0.493 e. The Bertz CT molecular complexity index is 1250. The number of carbonyl (C=O) groups is 1. The van der Waals surface area contributed by atoms with Crippen LogP contribution in [-0.2, 0) is 13.0 Å². The zero-order valence-corrected chi connectivity index (χ0v) is 19.9. The van der Waals surface area contributed by atoms with Crippen molar-refractivity contribution in [2.45, 2.75) is 25.8 Å². The molecule has 1 N–H and O–H groups in total. The van der Waals surface area contributed by atoms with Crippen molar-refractivity contribution in [3.63, 3.8) is 0 Å². The number of hydrogen-bond acceptors (Lipinski definition) is 4. The maximum atomic E-state index is 12.4. The van der Waals surface area contributed by atoms with E-state index in [2.05, 4.69) is 16.0 Å². The second-order valence-corrected chi connectivity index (χ2v) is 8.33. The van der Waals surface area contributed by atoms with Crippen LogP contribution in [0.5, 0.6) is 11.5 Å². The molecule has 176 valence electrons. The Hall–Kier alpha value is -3.51. The molecular weight excluding hydrogens is 450 g/mol. The van der Waals surface area contributed by atoms with Crippen LogP contribution >= 0.6 is 11.6 Å². The van der Waals surface area contributed by atoms with Gasteiger partial charge in [0, 0.05) is 30.1 Å². The van der Waals surface area contributed by atoms with Crippen molar-refractivity contribution in [1.82, 2.24) is 14.9 Å². The standard InChI is InChI=1S/C27H28ClN3O3/c1-33-24-13-4-5-14-25(24)34-18-7-6-17-31-23-12-3-2-11-22(23)30-26(31)15-16-29-27(32)20-9-8-10-21(28)19-20/h2-5,8-14,19H,6-7,15-18H2,1H3,(H,29,32). The van der Waals surface area contributed by atoms with E-state index >= 15 is 0 Å². The molecule has 4 aromatic rings. The number of benzene rings is 3. The van der Waals surface area contributed by atoms with Crippen molar-refractivity contribution in [3.8, 4) is 11.5 Å². The molecule has 0 aliphatic rings. The monoisotopic (exact) mass is 477 g/mol. The Balaban J connectivity index is 1.34. The van der Waals surface area contributed by atoms with E-state index in [0.717, 1.165) is 47.7 Å². The molecule has 0 bridgehead atoms. The second-order valence-electron chi connectivity index (χ2n) is 7.89. The summed E-state index contributed by atoms with van der Waals surface area (Å²) < 4.78 is 13.5. The molecule has 0 radical (unpaired) electrons. The third-order valence-corrected chi connectivity index (χ3v) is 5.79. The number of aryl methyl sites for hydroxylation is 1. The molecule has 1 amide bonds. The molecular formula is C27H28ClN3O3. The quantitative estimate of drug-likeness (QED) is 0.288. The fourth-order valence-corrected chi connectivity index (χ4v) is 4.07. The average Bonchev–Trinajstić information content (AvgIpc) is 3.21. The second kappa shape index (κ2) is 11.6. The van der Waals surface area contributed by atoms with Gasteiger partial charge in [0.25, 0.3) is 5.91 Å². The summed E-state index contributed by atoms with van der Waals surface area (Å²) in [6.07, 6.45) is 2.48. The number of para-hydroxylation sites is 4. The van der Waals surface area contributed by atoms with Gasteiger partial charge >= 0.3 is 0 Å². The van der Waals surface area contributed by atoms with Crippen LogP contribution in [0.3, 0.4) is 0 Å². The van der Waals surface area contributed by atoms with E-state index in [-0.39, 0.29) is 5.91 Å². The molecule has 34 heavy (non-hydrogen) atoms. The SMILES string of the molecule is COc1ccccc1OCCCCn1c(CCNC(=O)c2cccc(Cl)c2)nc2ccccc21. The highest BCUT2D eigenvalue weighted by atomic mass is 35.5. The van der Waals surface area contributed by atoms with E-state index in [1.54, 1.807) is 31.4 Å². The van der Waals surface area contributed by atoms with E-state index in [1.807, 2.05) is 42.5 Å². The van der Waals surface area contributed by atoms with Crippen molar-refractivity contribution in [3.05, 3.63) is 89.2 Å². The van der Waals surface area contributed by atoms with Crippen molar-refractivity contribution in [2.75, 3.05) is 20.3 Å². The lowest BCUT2D eigenvalue weighted by molar-refractivity contribution is 0.0954. The first-order chi connectivity index (χ1) is 16.7. The van der Waals surface area contributed by atoms with E-state index < -0.39 is 0 Å². The molecule has 1 heterocycles. The number of unbranched alkanes of at least 4 members (excludes halogenated alkanes) is 1. The fourth-order valence-electron chi connectivity index (χ4n) is 3.88. The number of fused-ring (bicyclic) bond motifs is 1. The number of nitrogens with one attached hydrogen (secondary N) is 1. The number of imidazole rings is 1. The Morgan fingerprint density at radius 3 is 2.62 bits per heavy atom. The maximum Gasteiger partial charge on any atom is 0.251 e. The van der Waals surface area contributed by atoms with Crippen molar-refractivity contribution < 1.29 is 14.3 Å². The molecule has 6 nitrogen and oxygen atoms in total. The summed E-state index contributed by atoms with van der Waals surface area (Å²) in [4.78, 5) is 17.2. The summed E-state index contributed by atoms with van der Waals surface area (Å²) in [5.41, 5.74) is 2.62. The highest BCUT2D eigenvalue weighted by molar-refractivity contribution is 6.30. The summed E-state index contributed by atoms with van der Waals surface area (Å²) in [5, 5.41) is 3.51. The Morgan fingerprint density at radius 1 is 1.00 bits per heavy atom. The predicted octanol–water partition coefficient (Wildman–Crippen LogP) is 5.53. The lowest BCUT2D eigenvalue weighted by Gasteiger charge is -2.12. The third kappa shape index (κ3) is 5.88. The van der Waals surface area contributed by atoms with Crippen LogP contribution in [0.4, 0.5) is 0 Å². The van der Waals surface area contributed by atoms with Crippen LogP contribution in [0.2, 0.25) is 5.02 Å². The number of amides is 1. The van der Waals surface area contributed by atoms with Gasteiger partial charge in [-0.15, -0.1) is 0 Å². The third-order valence-electron chi connectivity index (χ3n) is 5.56. The lowest BCUT2D eigenvalue weighted by atomic mass is 10.2. The van der Waals surface area contributed by atoms with E-state index in [1.165, 1.54) is 0 Å². The van der Waals surface area contributed by atoms with Gasteiger partial charge in [-0.3, -0.25) is 4.79 Å². The smallest absolute Gasteiger partial charge is 0.251 e. The zero-order valence-electron chi connectivity index (χ0n) is 19.2. The van der Waals surface area contributed by atoms with Gasteiger partial charge in [0.05, 0.1) is 24.8 Å². The van der Waals surface area contributed by atoms with Gasteiger partial charge < -0.3 is 19.4 Å². The molecule has 7 heteroatoms. The maximum absolute atomic E-state index is 12.4. The lowest BCUT2D eigenvalue weighted by Crippen LogP contribution is -2.26. The molecule has 4 rings (SSSR count). The first-order valence-corrected chi connectivity index (χ1v) is 11.8. The predicted molar refractivity (Wildman–Crippen MR) is 135 cm³/mol. The van der Waals surface area contributed by atoms with Crippen LogP contribution in [-0.4, -0.2) is 35.7 Å². The van der Waals surface area contributed by atoms with E-state index in [4.69, 9.17) is 26.1 Å². The zero-order chi connectivity index (χ0) is 23.8. The average molecular weight is 478 g/mol. The molecule has 0 atom stereocenters. The van der Waals surface area contributed by atoms with Crippen LogP contribution in [0, 0.1) is 0 Å². The summed E-state index contributed by atoms with van der Waals surface area (Å²) in [6.45, 7) is 1.93. The molecule has 0 unspecified atom stereocenters. The minimum atomic E-state index is -0.140. The van der Waals surface area contributed by atoms with Gasteiger partial charge in [-0.25, -0.2) is 4.98 Å². The van der Waals surface area contributed by atoms with Gasteiger partial charge in [0.15, 0.2) is 11.5 Å². The number of aromatic nitrogens is 2. The normalized spacial score (nSPS) is 10.9. The number of methoxy groups -OCH3 is 1. The summed E-state index contributed by atoms with van der Waals surface area (Å²) >= 11 is 6.00. The topological polar surface area (TPSA) is 65.4 Å². The summed E-state index contributed by atoms with van der Waals surface area (Å²) in [5.74, 6) is 2.32. The van der Waals surface area contributed by atoms with Crippen molar-refractivity contribution in [2.24, 2.45) is 0 Å². The summed E-state index contributed by atoms with van der Waals surface area (Å²) in [6, 6.07) is 22.7. The number of nitrogens with zero attached hydrogens (tertiary/aromatic N) is 2. The van der Waals surface area contributed by atoms with Crippen LogP contribution < -0.4 is 14.8 Å². The van der Waals surface area contributed by atoms with Gasteiger partial charge in [0.2, 0.25) is 0 Å². The molecule has 0 saturated carbocycles. The largest absolute Gasteiger partial charge is 0.493 e. The van der Waals surface area contributed by atoms with Crippen LogP contribution in [0.25, 0.3) is 11.0 Å². The van der Waals surface area contributed by atoms with Gasteiger partial charge in [-0.05, 0) is 55.3 Å². The molecule has 0 saturated heterocycles. The molecule has 0 aliphatic heterocycles. The Kier molecular flexibility index (Phi) is 8.04. The fraction of sp³-hybridized carbons (Fsp3) is 0.259. The number of carbonyl (C=O) groups excluding carboxylic acids is 1. The number of halogens is 1. The van der Waals surface area contributed by atoms with Crippen molar-refractivity contribution in [1.29, 1.82) is 0 Å². The van der Waals surface area contributed by atoms with Gasteiger partial charge in [-0.1, -0.05) is 41.9 Å². The van der Waals surface area contributed by atoms with Crippen LogP contribution in [0.1, 0.15) is 29.0 Å². The molecule has 0 fully saturated rings. The van der Waals surface area contributed by atoms with Gasteiger partial charge in [-0.2, -0.15) is 0 Å². The number of hydrogen-bond donors (Lipinski definition) is 1. The highest BCUT2D eigenvalue weighted by Crippen LogP contribution is 2.26. The van der Waals surface area contributed by atoms with E-state index in [9.17, 15) is 4.79 Å². The molecule has 0 aliphatic carbocycles. The Labute approximate surface area is 204 Å². The minimum absolute atomic E-state index is 0.140. The van der Waals surface area contributed by atoms with Crippen molar-refractivity contribution >= 4 is 28.5 Å². The van der Waals surface area contributed by atoms with Gasteiger partial charge in [0.1, 0.15) is 5.82 Å². The van der Waals surface area contributed by atoms with Crippen LogP contribution in [0.15, 0.2) is 72.8 Å². The molecule has 1 aromatic heterocycles. The number of ether oxygens (including phenoxy) is 2. The Morgan fingerprint density at radius 2 is 1.79 bits per heavy atom. The first-order valence-electron chi connectivity index (χ1n) is 11.4. The molecule has 3 aromatic carbocycles. The van der Waals surface area contributed by atoms with E-state index in [0.29, 0.717) is 30.2 Å². The molecule has 0 spiro atoms. The first kappa shape index (κ1) is 23.6. The number of rotatable bonds is 11.